The van der Waals surface area contributed by atoms with Crippen LogP contribution in [0.3, 0.4) is 0 Å². The molecule has 1 aromatic carbocycles. The van der Waals surface area contributed by atoms with Crippen molar-refractivity contribution in [3.05, 3.63) is 82.2 Å². The van der Waals surface area contributed by atoms with Gasteiger partial charge in [0.25, 0.3) is 0 Å². The van der Waals surface area contributed by atoms with Crippen molar-refractivity contribution in [2.75, 3.05) is 39.8 Å². The fourth-order valence-corrected chi connectivity index (χ4v) is 6.82. The van der Waals surface area contributed by atoms with Crippen LogP contribution in [0.15, 0.2) is 49.1 Å². The Hall–Kier alpha value is -2.74. The summed E-state index contributed by atoms with van der Waals surface area (Å²) in [6, 6.07) is 10.7. The van der Waals surface area contributed by atoms with Gasteiger partial charge in [-0.15, -0.1) is 0 Å². The first-order valence-electron chi connectivity index (χ1n) is 13.9. The average Bonchev–Trinajstić information content (AvgIpc) is 3.26. The number of hydrogen-bond donors (Lipinski definition) is 0. The molecular formula is C30H37ClN6O. The molecule has 2 saturated heterocycles. The van der Waals surface area contributed by atoms with Gasteiger partial charge in [0.15, 0.2) is 0 Å². The molecule has 3 aliphatic rings. The SMILES string of the molecule is Cc1cn(C[C@H]2CCCN(C(=O)[C@H]3CN(C4c5ccccc5CCc5cc(Cl)cnc54)CCN3C)C2)cn1. The predicted molar refractivity (Wildman–Crippen MR) is 149 cm³/mol. The summed E-state index contributed by atoms with van der Waals surface area (Å²) in [7, 11) is 2.10. The third kappa shape index (κ3) is 5.12. The molecule has 1 aliphatic carbocycles. The number of aromatic nitrogens is 3. The van der Waals surface area contributed by atoms with Crippen molar-refractivity contribution in [2.24, 2.45) is 5.92 Å². The molecule has 7 nitrogen and oxygen atoms in total. The summed E-state index contributed by atoms with van der Waals surface area (Å²) in [4.78, 5) is 30.1. The van der Waals surface area contributed by atoms with Crippen LogP contribution in [0.1, 0.15) is 47.0 Å². The monoisotopic (exact) mass is 532 g/mol. The summed E-state index contributed by atoms with van der Waals surface area (Å²) in [5.74, 6) is 0.718. The lowest BCUT2D eigenvalue weighted by Crippen LogP contribution is -2.60. The van der Waals surface area contributed by atoms with E-state index in [0.29, 0.717) is 17.5 Å². The molecule has 200 valence electrons. The van der Waals surface area contributed by atoms with Gasteiger partial charge in [0.1, 0.15) is 6.04 Å². The van der Waals surface area contributed by atoms with Gasteiger partial charge in [-0.2, -0.15) is 0 Å². The Morgan fingerprint density at radius 3 is 2.76 bits per heavy atom. The van der Waals surface area contributed by atoms with Crippen LogP contribution in [0.5, 0.6) is 0 Å². The summed E-state index contributed by atoms with van der Waals surface area (Å²) in [5, 5.41) is 0.686. The highest BCUT2D eigenvalue weighted by atomic mass is 35.5. The van der Waals surface area contributed by atoms with Crippen molar-refractivity contribution in [2.45, 2.75) is 51.2 Å². The van der Waals surface area contributed by atoms with Crippen molar-refractivity contribution in [1.82, 2.24) is 29.2 Å². The number of benzene rings is 1. The molecule has 0 radical (unpaired) electrons. The summed E-state index contributed by atoms with van der Waals surface area (Å²) in [5.41, 5.74) is 6.02. The summed E-state index contributed by atoms with van der Waals surface area (Å²) in [6.45, 7) is 7.04. The minimum Gasteiger partial charge on any atom is -0.341 e. The number of piperazine rings is 1. The zero-order valence-electron chi connectivity index (χ0n) is 22.4. The number of likely N-dealkylation sites (tertiary alicyclic amines) is 1. The smallest absolute Gasteiger partial charge is 0.241 e. The van der Waals surface area contributed by atoms with Crippen LogP contribution in [0.4, 0.5) is 0 Å². The van der Waals surface area contributed by atoms with Crippen molar-refractivity contribution in [1.29, 1.82) is 0 Å². The topological polar surface area (TPSA) is 57.5 Å². The number of carbonyl (C=O) groups excluding carboxylic acids is 1. The Labute approximate surface area is 230 Å². The zero-order chi connectivity index (χ0) is 26.2. The number of pyridine rings is 1. The molecule has 2 fully saturated rings. The van der Waals surface area contributed by atoms with Crippen LogP contribution in [0, 0.1) is 12.8 Å². The Balaban J connectivity index is 1.24. The van der Waals surface area contributed by atoms with Crippen LogP contribution < -0.4 is 0 Å². The number of hydrogen-bond acceptors (Lipinski definition) is 5. The number of aryl methyl sites for hydroxylation is 3. The number of fused-ring (bicyclic) bond motifs is 2. The molecule has 1 amide bonds. The molecule has 3 aromatic rings. The Morgan fingerprint density at radius 2 is 1.92 bits per heavy atom. The molecule has 1 unspecified atom stereocenters. The fourth-order valence-electron chi connectivity index (χ4n) is 6.64. The van der Waals surface area contributed by atoms with Crippen molar-refractivity contribution in [3.8, 4) is 0 Å². The van der Waals surface area contributed by atoms with Gasteiger partial charge in [0, 0.05) is 51.7 Å². The van der Waals surface area contributed by atoms with Gasteiger partial charge in [-0.25, -0.2) is 4.98 Å². The van der Waals surface area contributed by atoms with Gasteiger partial charge >= 0.3 is 0 Å². The average molecular weight is 533 g/mol. The Kier molecular flexibility index (Phi) is 7.25. The Morgan fingerprint density at radius 1 is 1.08 bits per heavy atom. The maximum absolute atomic E-state index is 14.0. The van der Waals surface area contributed by atoms with Gasteiger partial charge in [-0.1, -0.05) is 35.9 Å². The summed E-state index contributed by atoms with van der Waals surface area (Å²) in [6.07, 6.45) is 9.89. The third-order valence-electron chi connectivity index (χ3n) is 8.63. The van der Waals surface area contributed by atoms with Gasteiger partial charge < -0.3 is 9.47 Å². The first-order chi connectivity index (χ1) is 18.5. The second-order valence-corrected chi connectivity index (χ2v) is 11.7. The number of halogens is 1. The number of carbonyl (C=O) groups is 1. The van der Waals surface area contributed by atoms with Crippen LogP contribution in [0.25, 0.3) is 0 Å². The van der Waals surface area contributed by atoms with Crippen LogP contribution in [0.2, 0.25) is 5.02 Å². The summed E-state index contributed by atoms with van der Waals surface area (Å²) >= 11 is 6.37. The summed E-state index contributed by atoms with van der Waals surface area (Å²) < 4.78 is 2.17. The zero-order valence-corrected chi connectivity index (χ0v) is 23.1. The minimum absolute atomic E-state index is 0.0311. The number of imidazole rings is 1. The van der Waals surface area contributed by atoms with E-state index in [1.807, 2.05) is 13.3 Å². The molecule has 38 heavy (non-hydrogen) atoms. The lowest BCUT2D eigenvalue weighted by atomic mass is 9.94. The molecule has 4 heterocycles. The molecule has 2 aromatic heterocycles. The standard InChI is InChI=1S/C30H37ClN6O/c1-21-16-35(20-33-21)17-22-6-5-11-37(18-22)30(38)27-19-36(13-12-34(27)2)29-26-8-4-3-7-23(26)9-10-24-14-25(31)15-32-28(24)29/h3-4,7-8,14-16,20,22,27,29H,5-6,9-13,17-19H2,1-2H3/t22-,27-,29?/m1/s1. The van der Waals surface area contributed by atoms with Gasteiger partial charge in [-0.05, 0) is 68.3 Å². The molecule has 0 N–H and O–H groups in total. The van der Waals surface area contributed by atoms with Crippen molar-refractivity contribution >= 4 is 17.5 Å². The normalized spacial score (nSPS) is 24.5. The highest BCUT2D eigenvalue weighted by molar-refractivity contribution is 6.30. The van der Waals surface area contributed by atoms with E-state index < -0.39 is 0 Å². The van der Waals surface area contributed by atoms with Crippen LogP contribution in [-0.2, 0) is 24.2 Å². The van der Waals surface area contributed by atoms with E-state index in [4.69, 9.17) is 16.6 Å². The van der Waals surface area contributed by atoms with E-state index in [2.05, 4.69) is 67.8 Å². The van der Waals surface area contributed by atoms with Crippen LogP contribution >= 0.6 is 11.6 Å². The predicted octanol–water partition coefficient (Wildman–Crippen LogP) is 3.98. The van der Waals surface area contributed by atoms with Crippen molar-refractivity contribution in [3.63, 3.8) is 0 Å². The first kappa shape index (κ1) is 25.5. The fraction of sp³-hybridized carbons (Fsp3) is 0.500. The number of nitrogens with zero attached hydrogens (tertiary/aromatic N) is 6. The molecule has 0 spiro atoms. The van der Waals surface area contributed by atoms with Gasteiger partial charge in [0.05, 0.1) is 28.8 Å². The van der Waals surface area contributed by atoms with Crippen molar-refractivity contribution < 1.29 is 4.79 Å². The van der Waals surface area contributed by atoms with Gasteiger partial charge in [-0.3, -0.25) is 19.6 Å². The highest BCUT2D eigenvalue weighted by Crippen LogP contribution is 2.37. The molecular weight excluding hydrogens is 496 g/mol. The Bertz CT molecular complexity index is 1310. The second-order valence-electron chi connectivity index (χ2n) is 11.3. The number of rotatable bonds is 4. The van der Waals surface area contributed by atoms with E-state index in [-0.39, 0.29) is 18.0 Å². The van der Waals surface area contributed by atoms with E-state index in [1.54, 1.807) is 6.20 Å². The van der Waals surface area contributed by atoms with E-state index in [0.717, 1.165) is 69.8 Å². The minimum atomic E-state index is -0.163. The number of piperidine rings is 1. The largest absolute Gasteiger partial charge is 0.341 e. The second kappa shape index (κ2) is 10.8. The molecule has 2 aliphatic heterocycles. The third-order valence-corrected chi connectivity index (χ3v) is 8.84. The number of likely N-dealkylation sites (N-methyl/N-ethyl adjacent to an activating group) is 1. The quantitative estimate of drug-likeness (QED) is 0.508. The number of amides is 1. The lowest BCUT2D eigenvalue weighted by molar-refractivity contribution is -0.141. The van der Waals surface area contributed by atoms with Gasteiger partial charge in [0.2, 0.25) is 5.91 Å². The highest BCUT2D eigenvalue weighted by Gasteiger charge is 2.39. The van der Waals surface area contributed by atoms with E-state index in [9.17, 15) is 4.79 Å². The lowest BCUT2D eigenvalue weighted by Gasteiger charge is -2.45. The van der Waals surface area contributed by atoms with E-state index >= 15 is 0 Å². The van der Waals surface area contributed by atoms with E-state index in [1.165, 1.54) is 16.7 Å². The molecule has 0 saturated carbocycles. The maximum atomic E-state index is 14.0. The van der Waals surface area contributed by atoms with Crippen LogP contribution in [-0.4, -0.2) is 81.0 Å². The maximum Gasteiger partial charge on any atom is 0.241 e. The molecule has 0 bridgehead atoms. The first-order valence-corrected chi connectivity index (χ1v) is 14.3. The molecule has 3 atom stereocenters. The molecule has 6 rings (SSSR count). The molecule has 8 heteroatoms.